The molecular formula is C13H16N2O3. The molecule has 5 nitrogen and oxygen atoms in total. The SMILES string of the molecule is CC1CCCN(C(=O)c2ccncc2)C1C(=O)O. The van der Waals surface area contributed by atoms with E-state index in [2.05, 4.69) is 4.98 Å². The highest BCUT2D eigenvalue weighted by atomic mass is 16.4. The number of pyridine rings is 1. The Kier molecular flexibility index (Phi) is 3.60. The average Bonchev–Trinajstić information content (AvgIpc) is 2.38. The summed E-state index contributed by atoms with van der Waals surface area (Å²) in [6.07, 6.45) is 4.77. The lowest BCUT2D eigenvalue weighted by Crippen LogP contribution is -2.51. The summed E-state index contributed by atoms with van der Waals surface area (Å²) in [5, 5.41) is 9.27. The number of likely N-dealkylation sites (tertiary alicyclic amines) is 1. The molecule has 1 fully saturated rings. The maximum Gasteiger partial charge on any atom is 0.326 e. The van der Waals surface area contributed by atoms with Gasteiger partial charge in [-0.05, 0) is 30.9 Å². The Morgan fingerprint density at radius 3 is 2.67 bits per heavy atom. The maximum atomic E-state index is 12.3. The summed E-state index contributed by atoms with van der Waals surface area (Å²) < 4.78 is 0. The smallest absolute Gasteiger partial charge is 0.326 e. The van der Waals surface area contributed by atoms with Crippen molar-refractivity contribution < 1.29 is 14.7 Å². The maximum absolute atomic E-state index is 12.3. The predicted molar refractivity (Wildman–Crippen MR) is 65.1 cm³/mol. The molecule has 0 radical (unpaired) electrons. The van der Waals surface area contributed by atoms with E-state index in [9.17, 15) is 14.7 Å². The number of carbonyl (C=O) groups excluding carboxylic acids is 1. The Hall–Kier alpha value is -1.91. The van der Waals surface area contributed by atoms with E-state index in [1.807, 2.05) is 6.92 Å². The summed E-state index contributed by atoms with van der Waals surface area (Å²) in [7, 11) is 0. The van der Waals surface area contributed by atoms with E-state index in [0.29, 0.717) is 12.1 Å². The third-order valence-electron chi connectivity index (χ3n) is 3.37. The third kappa shape index (κ3) is 2.34. The summed E-state index contributed by atoms with van der Waals surface area (Å²) in [4.78, 5) is 28.9. The van der Waals surface area contributed by atoms with E-state index >= 15 is 0 Å². The molecule has 1 amide bonds. The normalized spacial score (nSPS) is 23.7. The minimum Gasteiger partial charge on any atom is -0.480 e. The largest absolute Gasteiger partial charge is 0.480 e. The van der Waals surface area contributed by atoms with Crippen LogP contribution in [0.3, 0.4) is 0 Å². The lowest BCUT2D eigenvalue weighted by molar-refractivity contribution is -0.145. The van der Waals surface area contributed by atoms with Crippen LogP contribution in [0.15, 0.2) is 24.5 Å². The minimum atomic E-state index is -0.926. The summed E-state index contributed by atoms with van der Waals surface area (Å²) >= 11 is 0. The second-order valence-electron chi connectivity index (χ2n) is 4.64. The zero-order chi connectivity index (χ0) is 13.1. The number of hydrogen-bond donors (Lipinski definition) is 1. The average molecular weight is 248 g/mol. The number of amides is 1. The molecule has 96 valence electrons. The fraction of sp³-hybridized carbons (Fsp3) is 0.462. The van der Waals surface area contributed by atoms with Crippen molar-refractivity contribution in [1.29, 1.82) is 0 Å². The van der Waals surface area contributed by atoms with Gasteiger partial charge in [0.2, 0.25) is 0 Å². The lowest BCUT2D eigenvalue weighted by Gasteiger charge is -2.37. The quantitative estimate of drug-likeness (QED) is 0.859. The van der Waals surface area contributed by atoms with Gasteiger partial charge in [0.05, 0.1) is 0 Å². The highest BCUT2D eigenvalue weighted by Gasteiger charge is 2.37. The number of rotatable bonds is 2. The van der Waals surface area contributed by atoms with Crippen LogP contribution in [0, 0.1) is 5.92 Å². The summed E-state index contributed by atoms with van der Waals surface area (Å²) in [5.74, 6) is -1.16. The van der Waals surface area contributed by atoms with Crippen LogP contribution in [0.1, 0.15) is 30.1 Å². The van der Waals surface area contributed by atoms with Gasteiger partial charge in [0.15, 0.2) is 0 Å². The van der Waals surface area contributed by atoms with Crippen LogP contribution in [0.2, 0.25) is 0 Å². The Morgan fingerprint density at radius 1 is 1.39 bits per heavy atom. The van der Waals surface area contributed by atoms with Crippen LogP contribution in [-0.4, -0.2) is 39.5 Å². The van der Waals surface area contributed by atoms with Crippen LogP contribution in [0.25, 0.3) is 0 Å². The van der Waals surface area contributed by atoms with Gasteiger partial charge < -0.3 is 10.0 Å². The van der Waals surface area contributed by atoms with Gasteiger partial charge in [-0.3, -0.25) is 9.78 Å². The predicted octanol–water partition coefficient (Wildman–Crippen LogP) is 1.41. The summed E-state index contributed by atoms with van der Waals surface area (Å²) in [5.41, 5.74) is 0.491. The summed E-state index contributed by atoms with van der Waals surface area (Å²) in [6.45, 7) is 2.38. The molecule has 2 unspecified atom stereocenters. The van der Waals surface area contributed by atoms with Gasteiger partial charge in [-0.1, -0.05) is 6.92 Å². The number of carboxylic acids is 1. The van der Waals surface area contributed by atoms with E-state index in [1.54, 1.807) is 12.1 Å². The molecule has 1 aromatic rings. The standard InChI is InChI=1S/C13H16N2O3/c1-9-3-2-8-15(11(9)13(17)18)12(16)10-4-6-14-7-5-10/h4-7,9,11H,2-3,8H2,1H3,(H,17,18). The first-order chi connectivity index (χ1) is 8.61. The molecular weight excluding hydrogens is 232 g/mol. The molecule has 0 aromatic carbocycles. The number of hydrogen-bond acceptors (Lipinski definition) is 3. The van der Waals surface area contributed by atoms with E-state index in [1.165, 1.54) is 17.3 Å². The van der Waals surface area contributed by atoms with Crippen molar-refractivity contribution in [1.82, 2.24) is 9.88 Å². The first kappa shape index (κ1) is 12.5. The third-order valence-corrected chi connectivity index (χ3v) is 3.37. The molecule has 2 rings (SSSR count). The fourth-order valence-electron chi connectivity index (χ4n) is 2.45. The van der Waals surface area contributed by atoms with Gasteiger partial charge in [-0.2, -0.15) is 0 Å². The topological polar surface area (TPSA) is 70.5 Å². The van der Waals surface area contributed by atoms with Gasteiger partial charge in [-0.15, -0.1) is 0 Å². The van der Waals surface area contributed by atoms with E-state index in [4.69, 9.17) is 0 Å². The Labute approximate surface area is 105 Å². The van der Waals surface area contributed by atoms with Crippen LogP contribution in [0.4, 0.5) is 0 Å². The van der Waals surface area contributed by atoms with Gasteiger partial charge in [0.1, 0.15) is 6.04 Å². The molecule has 1 aliphatic rings. The molecule has 18 heavy (non-hydrogen) atoms. The van der Waals surface area contributed by atoms with Gasteiger partial charge in [0.25, 0.3) is 5.91 Å². The Bertz CT molecular complexity index is 447. The molecule has 0 aliphatic carbocycles. The van der Waals surface area contributed by atoms with Crippen molar-refractivity contribution in [2.24, 2.45) is 5.92 Å². The van der Waals surface area contributed by atoms with Crippen molar-refractivity contribution in [3.8, 4) is 0 Å². The first-order valence-corrected chi connectivity index (χ1v) is 6.05. The van der Waals surface area contributed by atoms with E-state index in [-0.39, 0.29) is 11.8 Å². The zero-order valence-corrected chi connectivity index (χ0v) is 10.2. The monoisotopic (exact) mass is 248 g/mol. The number of piperidine rings is 1. The molecule has 5 heteroatoms. The minimum absolute atomic E-state index is 0.0120. The van der Waals surface area contributed by atoms with Crippen molar-refractivity contribution in [3.63, 3.8) is 0 Å². The molecule has 1 aromatic heterocycles. The summed E-state index contributed by atoms with van der Waals surface area (Å²) in [6, 6.07) is 2.50. The van der Waals surface area contributed by atoms with Crippen molar-refractivity contribution in [2.75, 3.05) is 6.54 Å². The molecule has 0 spiro atoms. The molecule has 1 saturated heterocycles. The number of aliphatic carboxylic acids is 1. The van der Waals surface area contributed by atoms with Crippen LogP contribution >= 0.6 is 0 Å². The van der Waals surface area contributed by atoms with Crippen molar-refractivity contribution in [2.45, 2.75) is 25.8 Å². The molecule has 0 bridgehead atoms. The second-order valence-corrected chi connectivity index (χ2v) is 4.64. The van der Waals surface area contributed by atoms with Gasteiger partial charge in [0, 0.05) is 24.5 Å². The van der Waals surface area contributed by atoms with Crippen LogP contribution in [0.5, 0.6) is 0 Å². The molecule has 0 saturated carbocycles. The highest BCUT2D eigenvalue weighted by Crippen LogP contribution is 2.25. The van der Waals surface area contributed by atoms with Crippen LogP contribution < -0.4 is 0 Å². The number of aromatic nitrogens is 1. The number of carbonyl (C=O) groups is 2. The second kappa shape index (κ2) is 5.16. The first-order valence-electron chi connectivity index (χ1n) is 6.05. The fourth-order valence-corrected chi connectivity index (χ4v) is 2.45. The Morgan fingerprint density at radius 2 is 2.06 bits per heavy atom. The van der Waals surface area contributed by atoms with Gasteiger partial charge in [-0.25, -0.2) is 4.79 Å². The zero-order valence-electron chi connectivity index (χ0n) is 10.2. The van der Waals surface area contributed by atoms with Crippen LogP contribution in [-0.2, 0) is 4.79 Å². The van der Waals surface area contributed by atoms with Crippen molar-refractivity contribution in [3.05, 3.63) is 30.1 Å². The number of nitrogens with zero attached hydrogens (tertiary/aromatic N) is 2. The van der Waals surface area contributed by atoms with Crippen molar-refractivity contribution >= 4 is 11.9 Å². The van der Waals surface area contributed by atoms with E-state index in [0.717, 1.165) is 12.8 Å². The number of carboxylic acid groups (broad SMARTS) is 1. The molecule has 1 aliphatic heterocycles. The van der Waals surface area contributed by atoms with Gasteiger partial charge >= 0.3 is 5.97 Å². The highest BCUT2D eigenvalue weighted by molar-refractivity contribution is 5.96. The molecule has 2 atom stereocenters. The molecule has 1 N–H and O–H groups in total. The lowest BCUT2D eigenvalue weighted by atomic mass is 9.90. The molecule has 2 heterocycles. The Balaban J connectivity index is 2.25. The van der Waals surface area contributed by atoms with E-state index < -0.39 is 12.0 Å².